The molecule has 0 radical (unpaired) electrons. The van der Waals surface area contributed by atoms with E-state index in [0.717, 1.165) is 19.3 Å². The minimum Gasteiger partial charge on any atom is -0.459 e. The van der Waals surface area contributed by atoms with Gasteiger partial charge in [0.25, 0.3) is 0 Å². The Morgan fingerprint density at radius 1 is 1.20 bits per heavy atom. The van der Waals surface area contributed by atoms with Crippen LogP contribution in [0.3, 0.4) is 0 Å². The van der Waals surface area contributed by atoms with Crippen molar-refractivity contribution in [2.45, 2.75) is 76.3 Å². The SMILES string of the molecule is C=C1C[C@]23C[C@@]1(O)C[C@@H](O)[C@H]2[C@]1(C)CCC[C@@]2(C)C(=O)O[C@@H]([C@H]3O)[C@@H]12. The van der Waals surface area contributed by atoms with E-state index in [2.05, 4.69) is 13.5 Å². The van der Waals surface area contributed by atoms with Gasteiger partial charge in [0.2, 0.25) is 0 Å². The zero-order valence-corrected chi connectivity index (χ0v) is 15.0. The summed E-state index contributed by atoms with van der Waals surface area (Å²) < 4.78 is 5.78. The lowest BCUT2D eigenvalue weighted by molar-refractivity contribution is -0.256. The fourth-order valence-electron chi connectivity index (χ4n) is 8.16. The van der Waals surface area contributed by atoms with Gasteiger partial charge in [-0.3, -0.25) is 4.79 Å². The molecule has 5 rings (SSSR count). The zero-order valence-electron chi connectivity index (χ0n) is 15.0. The minimum absolute atomic E-state index is 0.0819. The van der Waals surface area contributed by atoms with Crippen molar-refractivity contribution in [3.8, 4) is 0 Å². The van der Waals surface area contributed by atoms with E-state index in [-0.39, 0.29) is 29.6 Å². The molecule has 0 aromatic carbocycles. The van der Waals surface area contributed by atoms with Crippen LogP contribution in [0.4, 0.5) is 0 Å². The number of hydrogen-bond acceptors (Lipinski definition) is 5. The average molecular weight is 348 g/mol. The van der Waals surface area contributed by atoms with Gasteiger partial charge in [-0.2, -0.15) is 0 Å². The van der Waals surface area contributed by atoms with Gasteiger partial charge in [0.05, 0.1) is 23.2 Å². The fraction of sp³-hybridized carbons (Fsp3) is 0.850. The molecule has 2 bridgehead atoms. The monoisotopic (exact) mass is 348 g/mol. The Morgan fingerprint density at radius 3 is 2.64 bits per heavy atom. The molecule has 4 saturated carbocycles. The third-order valence-corrected chi connectivity index (χ3v) is 8.83. The molecular weight excluding hydrogens is 320 g/mol. The first-order valence-corrected chi connectivity index (χ1v) is 9.56. The normalized spacial score (nSPS) is 62.4. The van der Waals surface area contributed by atoms with E-state index < -0.39 is 34.7 Å². The summed E-state index contributed by atoms with van der Waals surface area (Å²) in [7, 11) is 0. The highest BCUT2D eigenvalue weighted by atomic mass is 16.6. The molecule has 3 N–H and O–H groups in total. The predicted molar refractivity (Wildman–Crippen MR) is 89.3 cm³/mol. The Balaban J connectivity index is 1.72. The minimum atomic E-state index is -1.11. The second kappa shape index (κ2) is 4.32. The first kappa shape index (κ1) is 16.3. The van der Waals surface area contributed by atoms with Gasteiger partial charge in [-0.25, -0.2) is 0 Å². The molecule has 5 fully saturated rings. The number of aliphatic hydroxyl groups excluding tert-OH is 2. The molecule has 1 saturated heterocycles. The summed E-state index contributed by atoms with van der Waals surface area (Å²) in [5, 5.41) is 33.4. The molecule has 5 aliphatic rings. The molecule has 0 aromatic heterocycles. The van der Waals surface area contributed by atoms with E-state index in [1.54, 1.807) is 0 Å². The molecule has 25 heavy (non-hydrogen) atoms. The molecule has 138 valence electrons. The lowest BCUT2D eigenvalue weighted by atomic mass is 9.39. The van der Waals surface area contributed by atoms with Crippen LogP contribution in [0.2, 0.25) is 0 Å². The maximum absolute atomic E-state index is 12.7. The van der Waals surface area contributed by atoms with Crippen LogP contribution in [0.5, 0.6) is 0 Å². The van der Waals surface area contributed by atoms with Gasteiger partial charge >= 0.3 is 5.97 Å². The number of carbonyl (C=O) groups excluding carboxylic acids is 1. The summed E-state index contributed by atoms with van der Waals surface area (Å²) >= 11 is 0. The van der Waals surface area contributed by atoms with Crippen LogP contribution in [0, 0.1) is 28.1 Å². The average Bonchev–Trinajstić information content (AvgIpc) is 2.88. The molecule has 1 spiro atoms. The first-order valence-electron chi connectivity index (χ1n) is 9.56. The number of rotatable bonds is 0. The lowest BCUT2D eigenvalue weighted by Crippen LogP contribution is -2.69. The van der Waals surface area contributed by atoms with E-state index in [9.17, 15) is 20.1 Å². The highest BCUT2D eigenvalue weighted by molar-refractivity contribution is 5.80. The summed E-state index contributed by atoms with van der Waals surface area (Å²) in [5.41, 5.74) is -1.92. The Kier molecular flexibility index (Phi) is 2.81. The summed E-state index contributed by atoms with van der Waals surface area (Å²) in [6.45, 7) is 8.21. The van der Waals surface area contributed by atoms with Gasteiger partial charge in [0, 0.05) is 17.8 Å². The smallest absolute Gasteiger partial charge is 0.312 e. The topological polar surface area (TPSA) is 87.0 Å². The van der Waals surface area contributed by atoms with Gasteiger partial charge in [0.1, 0.15) is 6.10 Å². The Morgan fingerprint density at radius 2 is 1.92 bits per heavy atom. The molecular formula is C20H28O5. The van der Waals surface area contributed by atoms with Crippen LogP contribution in [0.25, 0.3) is 0 Å². The van der Waals surface area contributed by atoms with E-state index in [1.165, 1.54) is 0 Å². The largest absolute Gasteiger partial charge is 0.459 e. The van der Waals surface area contributed by atoms with Gasteiger partial charge in [-0.15, -0.1) is 0 Å². The second-order valence-corrected chi connectivity index (χ2v) is 10.0. The van der Waals surface area contributed by atoms with Gasteiger partial charge < -0.3 is 20.1 Å². The summed E-state index contributed by atoms with van der Waals surface area (Å²) in [6, 6.07) is 0. The van der Waals surface area contributed by atoms with E-state index in [4.69, 9.17) is 4.74 Å². The van der Waals surface area contributed by atoms with E-state index in [1.807, 2.05) is 6.92 Å². The van der Waals surface area contributed by atoms with Crippen molar-refractivity contribution in [1.29, 1.82) is 0 Å². The van der Waals surface area contributed by atoms with E-state index in [0.29, 0.717) is 18.4 Å². The van der Waals surface area contributed by atoms with Crippen LogP contribution in [-0.4, -0.2) is 45.2 Å². The molecule has 0 amide bonds. The highest BCUT2D eigenvalue weighted by Crippen LogP contribution is 2.74. The molecule has 0 aromatic rings. The van der Waals surface area contributed by atoms with Gasteiger partial charge in [0.15, 0.2) is 0 Å². The number of fused-ring (bicyclic) bond motifs is 2. The lowest BCUT2D eigenvalue weighted by Gasteiger charge is -2.65. The standard InChI is InChI=1S/C20H28O5/c1-10-7-19-9-20(10,24)8-11(21)13(19)17(2)5-4-6-18(3)14(17)12(15(19)22)25-16(18)23/h11-15,21-22,24H,1,4-9H2,2-3H3/t11-,12-,13+,14+,15-,17+,18-,19+,20+/m1/s1. The first-order chi connectivity index (χ1) is 11.6. The molecule has 5 heteroatoms. The zero-order chi connectivity index (χ0) is 18.0. The summed E-state index contributed by atoms with van der Waals surface area (Å²) in [4.78, 5) is 12.7. The Labute approximate surface area is 148 Å². The summed E-state index contributed by atoms with van der Waals surface area (Å²) in [6.07, 6.45) is 1.71. The van der Waals surface area contributed by atoms with Gasteiger partial charge in [-0.1, -0.05) is 19.9 Å². The number of aliphatic hydroxyl groups is 3. The number of carbonyl (C=O) groups is 1. The molecule has 9 atom stereocenters. The Hall–Kier alpha value is -0.910. The Bertz CT molecular complexity index is 690. The van der Waals surface area contributed by atoms with Crippen molar-refractivity contribution in [3.63, 3.8) is 0 Å². The fourth-order valence-corrected chi connectivity index (χ4v) is 8.16. The van der Waals surface area contributed by atoms with Crippen molar-refractivity contribution >= 4 is 5.97 Å². The maximum atomic E-state index is 12.7. The summed E-state index contributed by atoms with van der Waals surface area (Å²) in [5.74, 6) is -0.435. The van der Waals surface area contributed by atoms with Crippen molar-refractivity contribution in [2.75, 3.05) is 0 Å². The molecule has 1 aliphatic heterocycles. The molecule has 0 unspecified atom stereocenters. The number of ether oxygens (including phenoxy) is 1. The quantitative estimate of drug-likeness (QED) is 0.457. The van der Waals surface area contributed by atoms with Crippen molar-refractivity contribution in [3.05, 3.63) is 12.2 Å². The van der Waals surface area contributed by atoms with Crippen molar-refractivity contribution < 1.29 is 24.9 Å². The van der Waals surface area contributed by atoms with Crippen LogP contribution in [0.15, 0.2) is 12.2 Å². The molecule has 4 aliphatic carbocycles. The van der Waals surface area contributed by atoms with Crippen LogP contribution in [-0.2, 0) is 9.53 Å². The number of esters is 1. The highest BCUT2D eigenvalue weighted by Gasteiger charge is 2.78. The van der Waals surface area contributed by atoms with Crippen LogP contribution < -0.4 is 0 Å². The maximum Gasteiger partial charge on any atom is 0.312 e. The van der Waals surface area contributed by atoms with E-state index >= 15 is 0 Å². The number of hydrogen-bond donors (Lipinski definition) is 3. The molecule has 5 nitrogen and oxygen atoms in total. The third-order valence-electron chi connectivity index (χ3n) is 8.83. The predicted octanol–water partition coefficient (Wildman–Crippen LogP) is 1.55. The molecule has 1 heterocycles. The second-order valence-electron chi connectivity index (χ2n) is 10.0. The van der Waals surface area contributed by atoms with Crippen molar-refractivity contribution in [2.24, 2.45) is 28.1 Å². The van der Waals surface area contributed by atoms with Crippen LogP contribution >= 0.6 is 0 Å². The van der Waals surface area contributed by atoms with Crippen LogP contribution in [0.1, 0.15) is 52.4 Å². The van der Waals surface area contributed by atoms with Crippen molar-refractivity contribution in [1.82, 2.24) is 0 Å². The van der Waals surface area contributed by atoms with Gasteiger partial charge in [-0.05, 0) is 49.5 Å². The third kappa shape index (κ3) is 1.56.